The number of hydrogen-bond acceptors (Lipinski definition) is 2. The second-order valence-electron chi connectivity index (χ2n) is 6.69. The molecule has 21 heavy (non-hydrogen) atoms. The average Bonchev–Trinajstić information content (AvgIpc) is 2.53. The molecule has 1 saturated carbocycles. The van der Waals surface area contributed by atoms with Gasteiger partial charge >= 0.3 is 0 Å². The number of rotatable bonds is 6. The molecule has 0 bridgehead atoms. The normalized spacial score (nSPS) is 19.1. The smallest absolute Gasteiger partial charge is 0.0850 e. The molecule has 0 saturated heterocycles. The van der Waals surface area contributed by atoms with E-state index < -0.39 is 0 Å². The molecule has 0 aliphatic heterocycles. The van der Waals surface area contributed by atoms with E-state index in [0.29, 0.717) is 5.92 Å². The van der Waals surface area contributed by atoms with E-state index in [1.54, 1.807) is 0 Å². The van der Waals surface area contributed by atoms with Gasteiger partial charge in [-0.15, -0.1) is 0 Å². The van der Waals surface area contributed by atoms with E-state index in [0.717, 1.165) is 19.4 Å². The Morgan fingerprint density at radius 2 is 1.81 bits per heavy atom. The number of benzene rings is 1. The van der Waals surface area contributed by atoms with E-state index in [1.165, 1.54) is 37.7 Å². The second-order valence-corrected chi connectivity index (χ2v) is 6.69. The van der Waals surface area contributed by atoms with E-state index in [9.17, 15) is 5.26 Å². The molecule has 0 radical (unpaired) electrons. The van der Waals surface area contributed by atoms with Gasteiger partial charge in [-0.05, 0) is 57.8 Å². The number of nitrogens with zero attached hydrogens (tertiary/aromatic N) is 2. The zero-order valence-electron chi connectivity index (χ0n) is 13.5. The molecular formula is C19H28N2. The Morgan fingerprint density at radius 3 is 2.38 bits per heavy atom. The monoisotopic (exact) mass is 284 g/mol. The van der Waals surface area contributed by atoms with Gasteiger partial charge in [0.2, 0.25) is 0 Å². The summed E-state index contributed by atoms with van der Waals surface area (Å²) in [5.74, 6) is 0.529. The predicted molar refractivity (Wildman–Crippen MR) is 88.1 cm³/mol. The number of hydrogen-bond donors (Lipinski definition) is 0. The molecular weight excluding hydrogens is 256 g/mol. The zero-order chi connectivity index (χ0) is 15.1. The lowest BCUT2D eigenvalue weighted by Gasteiger charge is -2.38. The minimum absolute atomic E-state index is 0.280. The zero-order valence-corrected chi connectivity index (χ0v) is 13.5. The highest BCUT2D eigenvalue weighted by molar-refractivity contribution is 5.33. The maximum Gasteiger partial charge on any atom is 0.0850 e. The molecule has 1 unspecified atom stereocenters. The summed E-state index contributed by atoms with van der Waals surface area (Å²) in [4.78, 5) is 2.22. The van der Waals surface area contributed by atoms with Crippen LogP contribution in [-0.2, 0) is 5.41 Å². The molecule has 1 atom stereocenters. The van der Waals surface area contributed by atoms with Gasteiger partial charge in [0.15, 0.2) is 0 Å². The molecule has 1 aliphatic rings. The summed E-state index contributed by atoms with van der Waals surface area (Å²) in [5.41, 5.74) is 0.954. The van der Waals surface area contributed by atoms with Crippen molar-refractivity contribution >= 4 is 0 Å². The maximum atomic E-state index is 10.1. The third-order valence-electron chi connectivity index (χ3n) is 4.97. The first-order valence-corrected chi connectivity index (χ1v) is 8.30. The predicted octanol–water partition coefficient (Wildman–Crippen LogP) is 4.37. The highest BCUT2D eigenvalue weighted by Crippen LogP contribution is 2.43. The Labute approximate surface area is 129 Å². The average molecular weight is 284 g/mol. The summed E-state index contributed by atoms with van der Waals surface area (Å²) >= 11 is 0. The Balaban J connectivity index is 2.25. The lowest BCUT2D eigenvalue weighted by Crippen LogP contribution is -2.36. The summed E-state index contributed by atoms with van der Waals surface area (Å²) < 4.78 is 0. The van der Waals surface area contributed by atoms with E-state index in [2.05, 4.69) is 49.3 Å². The van der Waals surface area contributed by atoms with Crippen LogP contribution in [0.4, 0.5) is 0 Å². The lowest BCUT2D eigenvalue weighted by atomic mass is 9.63. The molecule has 0 amide bonds. The van der Waals surface area contributed by atoms with E-state index in [-0.39, 0.29) is 5.41 Å². The summed E-state index contributed by atoms with van der Waals surface area (Å²) in [6, 6.07) is 13.3. The van der Waals surface area contributed by atoms with Crippen LogP contribution in [0.25, 0.3) is 0 Å². The minimum Gasteiger partial charge on any atom is -0.309 e. The van der Waals surface area contributed by atoms with Crippen molar-refractivity contribution in [1.82, 2.24) is 4.90 Å². The van der Waals surface area contributed by atoms with Crippen molar-refractivity contribution in [3.8, 4) is 6.07 Å². The van der Waals surface area contributed by atoms with Crippen LogP contribution in [0.15, 0.2) is 30.3 Å². The first-order chi connectivity index (χ1) is 10.2. The molecule has 0 N–H and O–H groups in total. The molecule has 2 heteroatoms. The van der Waals surface area contributed by atoms with E-state index in [1.807, 2.05) is 6.07 Å². The topological polar surface area (TPSA) is 27.0 Å². The maximum absolute atomic E-state index is 10.1. The third kappa shape index (κ3) is 3.86. The van der Waals surface area contributed by atoms with Crippen molar-refractivity contribution in [1.29, 1.82) is 5.26 Å². The summed E-state index contributed by atoms with van der Waals surface area (Å²) in [5, 5.41) is 10.1. The molecule has 0 spiro atoms. The van der Waals surface area contributed by atoms with Crippen molar-refractivity contribution in [2.75, 3.05) is 20.6 Å². The van der Waals surface area contributed by atoms with E-state index >= 15 is 0 Å². The standard InChI is InChI=1S/C19H28N2/c1-21(2)15-9-14-19(16-20,17-10-5-3-6-11-17)18-12-7-4-8-13-18/h3,5-6,10-11,18H,4,7-9,12-15H2,1-2H3. The first-order valence-electron chi connectivity index (χ1n) is 8.30. The van der Waals surface area contributed by atoms with Gasteiger partial charge in [-0.25, -0.2) is 0 Å². The second kappa shape index (κ2) is 7.61. The minimum atomic E-state index is -0.280. The fourth-order valence-electron chi connectivity index (χ4n) is 3.80. The van der Waals surface area contributed by atoms with Crippen molar-refractivity contribution in [2.45, 2.75) is 50.4 Å². The van der Waals surface area contributed by atoms with Crippen LogP contribution in [0.2, 0.25) is 0 Å². The van der Waals surface area contributed by atoms with Crippen LogP contribution < -0.4 is 0 Å². The van der Waals surface area contributed by atoms with Gasteiger partial charge in [-0.3, -0.25) is 0 Å². The van der Waals surface area contributed by atoms with Crippen LogP contribution in [0, 0.1) is 17.2 Å². The Hall–Kier alpha value is -1.33. The van der Waals surface area contributed by atoms with Gasteiger partial charge in [-0.2, -0.15) is 5.26 Å². The molecule has 0 aromatic heterocycles. The van der Waals surface area contributed by atoms with Crippen LogP contribution in [0.3, 0.4) is 0 Å². The van der Waals surface area contributed by atoms with Crippen molar-refractivity contribution in [3.05, 3.63) is 35.9 Å². The molecule has 114 valence electrons. The van der Waals surface area contributed by atoms with Crippen molar-refractivity contribution in [3.63, 3.8) is 0 Å². The van der Waals surface area contributed by atoms with Crippen molar-refractivity contribution in [2.24, 2.45) is 5.92 Å². The summed E-state index contributed by atoms with van der Waals surface area (Å²) in [6.45, 7) is 1.06. The van der Waals surface area contributed by atoms with Crippen LogP contribution in [0.1, 0.15) is 50.5 Å². The molecule has 2 rings (SSSR count). The van der Waals surface area contributed by atoms with Gasteiger partial charge in [-0.1, -0.05) is 49.6 Å². The van der Waals surface area contributed by atoms with Crippen LogP contribution in [-0.4, -0.2) is 25.5 Å². The summed E-state index contributed by atoms with van der Waals surface area (Å²) in [7, 11) is 4.22. The fraction of sp³-hybridized carbons (Fsp3) is 0.632. The SMILES string of the molecule is CN(C)CCCC(C#N)(c1ccccc1)C1CCCCC1. The van der Waals surface area contributed by atoms with E-state index in [4.69, 9.17) is 0 Å². The number of nitriles is 1. The van der Waals surface area contributed by atoms with Gasteiger partial charge in [0.25, 0.3) is 0 Å². The van der Waals surface area contributed by atoms with Gasteiger partial charge < -0.3 is 4.90 Å². The Bertz CT molecular complexity index is 454. The highest BCUT2D eigenvalue weighted by Gasteiger charge is 2.40. The first kappa shape index (κ1) is 16.0. The van der Waals surface area contributed by atoms with Gasteiger partial charge in [0, 0.05) is 0 Å². The fourth-order valence-corrected chi connectivity index (χ4v) is 3.80. The molecule has 2 nitrogen and oxygen atoms in total. The highest BCUT2D eigenvalue weighted by atomic mass is 15.0. The Kier molecular flexibility index (Phi) is 5.82. The Morgan fingerprint density at radius 1 is 1.14 bits per heavy atom. The largest absolute Gasteiger partial charge is 0.309 e. The van der Waals surface area contributed by atoms with Crippen molar-refractivity contribution < 1.29 is 0 Å². The molecule has 1 aromatic rings. The molecule has 1 aliphatic carbocycles. The lowest BCUT2D eigenvalue weighted by molar-refractivity contribution is 0.229. The van der Waals surface area contributed by atoms with Crippen LogP contribution in [0.5, 0.6) is 0 Å². The van der Waals surface area contributed by atoms with Gasteiger partial charge in [0.05, 0.1) is 11.5 Å². The van der Waals surface area contributed by atoms with Crippen LogP contribution >= 0.6 is 0 Å². The summed E-state index contributed by atoms with van der Waals surface area (Å²) in [6.07, 6.45) is 8.41. The quantitative estimate of drug-likeness (QED) is 0.775. The molecule has 1 aromatic carbocycles. The third-order valence-corrected chi connectivity index (χ3v) is 4.97. The molecule has 1 fully saturated rings. The molecule has 0 heterocycles. The van der Waals surface area contributed by atoms with Gasteiger partial charge in [0.1, 0.15) is 0 Å².